The van der Waals surface area contributed by atoms with Gasteiger partial charge in [0.15, 0.2) is 0 Å². The highest BCUT2D eigenvalue weighted by atomic mass is 32.2. The minimum absolute atomic E-state index is 0.245. The first-order valence-electron chi connectivity index (χ1n) is 9.10. The molecule has 28 heavy (non-hydrogen) atoms. The van der Waals surface area contributed by atoms with E-state index in [1.807, 2.05) is 24.5 Å². The van der Waals surface area contributed by atoms with Gasteiger partial charge in [0, 0.05) is 17.3 Å². The van der Waals surface area contributed by atoms with Crippen molar-refractivity contribution < 1.29 is 9.63 Å². The minimum Gasteiger partial charge on any atom is -0.318 e. The smallest absolute Gasteiger partial charge is 0.318 e. The van der Waals surface area contributed by atoms with Crippen LogP contribution in [0.25, 0.3) is 0 Å². The van der Waals surface area contributed by atoms with Crippen LogP contribution < -0.4 is 0 Å². The summed E-state index contributed by atoms with van der Waals surface area (Å²) >= 11 is 1.79. The largest absolute Gasteiger partial charge is 0.467 e. The monoisotopic (exact) mass is 396 g/mol. The van der Waals surface area contributed by atoms with E-state index in [1.54, 1.807) is 18.8 Å². The van der Waals surface area contributed by atoms with Gasteiger partial charge in [0.1, 0.15) is 10.9 Å². The highest BCUT2D eigenvalue weighted by Crippen LogP contribution is 2.35. The lowest BCUT2D eigenvalue weighted by Crippen LogP contribution is -2.04. The Morgan fingerprint density at radius 3 is 2.36 bits per heavy atom. The van der Waals surface area contributed by atoms with E-state index in [-0.39, 0.29) is 6.09 Å². The quantitative estimate of drug-likeness (QED) is 0.575. The van der Waals surface area contributed by atoms with Crippen LogP contribution in [0.15, 0.2) is 64.8 Å². The fraction of sp³-hybridized carbons (Fsp3) is 0.286. The molecule has 2 aromatic heterocycles. The number of hydrogen-bond acceptors (Lipinski definition) is 5. The summed E-state index contributed by atoms with van der Waals surface area (Å²) in [7, 11) is 1.56. The third kappa shape index (κ3) is 5.13. The Morgan fingerprint density at radius 1 is 1.14 bits per heavy atom. The summed E-state index contributed by atoms with van der Waals surface area (Å²) in [5.41, 5.74) is 2.36. The molecule has 7 heteroatoms. The normalized spacial score (nSPS) is 12.5. The summed E-state index contributed by atoms with van der Waals surface area (Å²) in [6, 6.07) is 14.6. The van der Waals surface area contributed by atoms with Gasteiger partial charge in [-0.2, -0.15) is 0 Å². The molecule has 3 heterocycles. The van der Waals surface area contributed by atoms with Crippen LogP contribution in [-0.2, 0) is 11.4 Å². The molecule has 1 aliphatic rings. The molecule has 0 unspecified atom stereocenters. The maximum absolute atomic E-state index is 9.59. The van der Waals surface area contributed by atoms with E-state index < -0.39 is 0 Å². The van der Waals surface area contributed by atoms with Crippen molar-refractivity contribution in [2.75, 3.05) is 7.05 Å². The van der Waals surface area contributed by atoms with Gasteiger partial charge in [-0.15, -0.1) is 5.06 Å². The Kier molecular flexibility index (Phi) is 6.36. The summed E-state index contributed by atoms with van der Waals surface area (Å²) in [6.07, 6.45) is 3.49. The number of pyridine rings is 1. The number of aryl methyl sites for hydroxylation is 1. The van der Waals surface area contributed by atoms with Crippen LogP contribution in [0, 0.1) is 6.92 Å². The van der Waals surface area contributed by atoms with Crippen LogP contribution >= 0.6 is 11.8 Å². The number of imidazole rings is 1. The Hall–Kier alpha value is -2.80. The molecule has 1 amide bonds. The maximum Gasteiger partial charge on any atom is 0.467 e. The maximum atomic E-state index is 9.59. The lowest BCUT2D eigenvalue weighted by Gasteiger charge is -2.12. The van der Waals surface area contributed by atoms with Crippen LogP contribution in [0.4, 0.5) is 4.79 Å². The number of hydrogen-bond donors (Lipinski definition) is 0. The van der Waals surface area contributed by atoms with Crippen molar-refractivity contribution in [1.82, 2.24) is 19.6 Å². The molecule has 0 saturated carbocycles. The molecule has 0 N–H and O–H groups in total. The summed E-state index contributed by atoms with van der Waals surface area (Å²) < 4.78 is 2.30. The molecule has 146 valence electrons. The van der Waals surface area contributed by atoms with Gasteiger partial charge in [-0.25, -0.2) is 9.78 Å². The van der Waals surface area contributed by atoms with Gasteiger partial charge in [0.2, 0.25) is 0 Å². The highest BCUT2D eigenvalue weighted by Gasteiger charge is 2.28. The molecule has 3 aromatic rings. The number of amides is 1. The highest BCUT2D eigenvalue weighted by molar-refractivity contribution is 7.99. The molecule has 0 atom stereocenters. The molecule has 0 radical (unpaired) electrons. The predicted molar refractivity (Wildman–Crippen MR) is 109 cm³/mol. The van der Waals surface area contributed by atoms with Crippen molar-refractivity contribution in [3.8, 4) is 0 Å². The zero-order chi connectivity index (χ0) is 20.1. The lowest BCUT2D eigenvalue weighted by atomic mass is 10.1. The van der Waals surface area contributed by atoms with Gasteiger partial charge in [-0.1, -0.05) is 49.9 Å². The summed E-state index contributed by atoms with van der Waals surface area (Å²) in [6.45, 7) is 7.28. The van der Waals surface area contributed by atoms with Gasteiger partial charge < -0.3 is 9.40 Å². The van der Waals surface area contributed by atoms with Crippen LogP contribution in [0.3, 0.4) is 0 Å². The second kappa shape index (κ2) is 8.93. The average Bonchev–Trinajstić information content (AvgIpc) is 3.25. The first-order chi connectivity index (χ1) is 13.5. The van der Waals surface area contributed by atoms with Crippen LogP contribution in [-0.4, -0.2) is 32.7 Å². The fourth-order valence-corrected chi connectivity index (χ4v) is 3.82. The zero-order valence-corrected chi connectivity index (χ0v) is 17.3. The molecule has 1 fully saturated rings. The van der Waals surface area contributed by atoms with Gasteiger partial charge in [0.05, 0.1) is 19.3 Å². The SMILES string of the molecule is CN1OC1=O.Cc1nc(C(C)C)c(Sc2ccccc2)n1Cc1cccnc1. The van der Waals surface area contributed by atoms with Crippen molar-refractivity contribution in [3.05, 3.63) is 71.9 Å². The van der Waals surface area contributed by atoms with Gasteiger partial charge in [-0.05, 0) is 36.6 Å². The van der Waals surface area contributed by atoms with E-state index in [1.165, 1.54) is 21.2 Å². The van der Waals surface area contributed by atoms with Crippen LogP contribution in [0.2, 0.25) is 0 Å². The third-order valence-electron chi connectivity index (χ3n) is 4.14. The van der Waals surface area contributed by atoms with Crippen molar-refractivity contribution in [1.29, 1.82) is 0 Å². The molecule has 6 nitrogen and oxygen atoms in total. The number of benzene rings is 1. The summed E-state index contributed by atoms with van der Waals surface area (Å²) in [4.78, 5) is 24.0. The van der Waals surface area contributed by atoms with Gasteiger partial charge in [0.25, 0.3) is 0 Å². The predicted octanol–water partition coefficient (Wildman–Crippen LogP) is 4.89. The number of nitrogens with zero attached hydrogens (tertiary/aromatic N) is 4. The number of carbonyl (C=O) groups is 1. The van der Waals surface area contributed by atoms with E-state index in [2.05, 4.69) is 65.5 Å². The van der Waals surface area contributed by atoms with Gasteiger partial charge >= 0.3 is 6.09 Å². The minimum atomic E-state index is -0.245. The molecular weight excluding hydrogens is 372 g/mol. The third-order valence-corrected chi connectivity index (χ3v) is 5.28. The standard InChI is InChI=1S/C19H21N3S.C2H3NO2/c1-14(2)18-19(23-17-9-5-4-6-10-17)22(15(3)21-18)13-16-8-7-11-20-12-16;1-3-2(4)5-3/h4-12,14H,13H2,1-3H3;1H3. The molecule has 0 spiro atoms. The fourth-order valence-electron chi connectivity index (χ4n) is 2.61. The van der Waals surface area contributed by atoms with Gasteiger partial charge in [-0.3, -0.25) is 4.98 Å². The average molecular weight is 397 g/mol. The van der Waals surface area contributed by atoms with E-state index in [0.29, 0.717) is 5.92 Å². The Bertz CT molecular complexity index is 926. The van der Waals surface area contributed by atoms with Crippen molar-refractivity contribution in [3.63, 3.8) is 0 Å². The van der Waals surface area contributed by atoms with E-state index in [4.69, 9.17) is 4.98 Å². The molecule has 1 aliphatic heterocycles. The molecule has 0 aliphatic carbocycles. The van der Waals surface area contributed by atoms with Crippen LogP contribution in [0.5, 0.6) is 0 Å². The zero-order valence-electron chi connectivity index (χ0n) is 16.5. The first-order valence-corrected chi connectivity index (χ1v) is 9.92. The molecule has 4 rings (SSSR count). The number of carbonyl (C=O) groups excluding carboxylic acids is 1. The number of hydroxylamine groups is 2. The van der Waals surface area contributed by atoms with Crippen molar-refractivity contribution in [2.45, 2.75) is 43.2 Å². The second-order valence-corrected chi connectivity index (χ2v) is 7.78. The number of aromatic nitrogens is 3. The molecule has 1 aromatic carbocycles. The lowest BCUT2D eigenvalue weighted by molar-refractivity contribution is 0.227. The van der Waals surface area contributed by atoms with Crippen LogP contribution in [0.1, 0.15) is 36.8 Å². The second-order valence-electron chi connectivity index (χ2n) is 6.72. The Balaban J connectivity index is 0.000000391. The first kappa shape index (κ1) is 19.9. The van der Waals surface area contributed by atoms with E-state index in [9.17, 15) is 4.79 Å². The Labute approximate surface area is 169 Å². The van der Waals surface area contributed by atoms with E-state index in [0.717, 1.165) is 17.4 Å². The van der Waals surface area contributed by atoms with Crippen molar-refractivity contribution >= 4 is 17.9 Å². The summed E-state index contributed by atoms with van der Waals surface area (Å²) in [5, 5.41) is 2.38. The topological polar surface area (TPSA) is 63.3 Å². The van der Waals surface area contributed by atoms with E-state index >= 15 is 0 Å². The molecular formula is C21H24N4O2S. The molecule has 1 saturated heterocycles. The molecule has 0 bridgehead atoms. The summed E-state index contributed by atoms with van der Waals surface area (Å²) in [5.74, 6) is 1.45. The Morgan fingerprint density at radius 2 is 1.82 bits per heavy atom. The number of rotatable bonds is 5. The van der Waals surface area contributed by atoms with Crippen molar-refractivity contribution in [2.24, 2.45) is 0 Å².